The molecule has 1 N–H and O–H groups in total. The molecule has 2 fully saturated rings. The van der Waals surface area contributed by atoms with Gasteiger partial charge in [-0.15, -0.1) is 0 Å². The number of hydrogen-bond donors (Lipinski definition) is 1. The van der Waals surface area contributed by atoms with Crippen molar-refractivity contribution in [2.45, 2.75) is 43.9 Å². The van der Waals surface area contributed by atoms with E-state index < -0.39 is 0 Å². The van der Waals surface area contributed by atoms with Gasteiger partial charge in [0, 0.05) is 12.1 Å². The maximum atomic E-state index is 13.2. The monoisotopic (exact) mass is 246 g/mol. The van der Waals surface area contributed by atoms with Gasteiger partial charge >= 0.3 is 0 Å². The molecule has 0 spiro atoms. The largest absolute Gasteiger partial charge is 0.393 e. The molecule has 0 saturated carbocycles. The second kappa shape index (κ2) is 4.25. The molecule has 0 aromatic heterocycles. The van der Waals surface area contributed by atoms with Crippen LogP contribution in [0.1, 0.15) is 31.2 Å². The summed E-state index contributed by atoms with van der Waals surface area (Å²) in [5.41, 5.74) is 1.21. The van der Waals surface area contributed by atoms with E-state index in [1.54, 1.807) is 6.07 Å². The lowest BCUT2D eigenvalue weighted by molar-refractivity contribution is 0.126. The van der Waals surface area contributed by atoms with Gasteiger partial charge in [0.25, 0.3) is 0 Å². The summed E-state index contributed by atoms with van der Waals surface area (Å²) in [6.45, 7) is 0. The molecule has 2 unspecified atom stereocenters. The zero-order valence-corrected chi connectivity index (χ0v) is 10.0. The van der Waals surface area contributed by atoms with Crippen LogP contribution < -0.4 is 4.90 Å². The van der Waals surface area contributed by atoms with Crippen LogP contribution in [0.3, 0.4) is 0 Å². The van der Waals surface area contributed by atoms with E-state index in [9.17, 15) is 9.50 Å². The SMILES string of the molecule is N#Cc1cc(F)ccc1N1C2CCC1CC(O)C2. The van der Waals surface area contributed by atoms with E-state index in [1.165, 1.54) is 12.1 Å². The Kier molecular flexibility index (Phi) is 2.71. The van der Waals surface area contributed by atoms with E-state index in [-0.39, 0.29) is 24.0 Å². The van der Waals surface area contributed by atoms with Gasteiger partial charge in [0.2, 0.25) is 0 Å². The van der Waals surface area contributed by atoms with Crippen LogP contribution in [0.25, 0.3) is 0 Å². The van der Waals surface area contributed by atoms with Crippen molar-refractivity contribution in [1.82, 2.24) is 0 Å². The number of nitrogens with zero attached hydrogens (tertiary/aromatic N) is 2. The molecule has 4 heteroatoms. The number of fused-ring (bicyclic) bond motifs is 2. The normalized spacial score (nSPS) is 30.3. The Hall–Kier alpha value is -1.60. The average molecular weight is 246 g/mol. The van der Waals surface area contributed by atoms with Crippen LogP contribution >= 0.6 is 0 Å². The summed E-state index contributed by atoms with van der Waals surface area (Å²) in [6, 6.07) is 7.03. The van der Waals surface area contributed by atoms with E-state index in [2.05, 4.69) is 11.0 Å². The number of nitriles is 1. The van der Waals surface area contributed by atoms with E-state index in [0.29, 0.717) is 5.56 Å². The number of rotatable bonds is 1. The predicted octanol–water partition coefficient (Wildman–Crippen LogP) is 2.19. The second-order valence-corrected chi connectivity index (χ2v) is 5.19. The predicted molar refractivity (Wildman–Crippen MR) is 65.6 cm³/mol. The van der Waals surface area contributed by atoms with Crippen molar-refractivity contribution in [3.05, 3.63) is 29.6 Å². The van der Waals surface area contributed by atoms with Crippen LogP contribution in [-0.2, 0) is 0 Å². The molecule has 0 amide bonds. The fraction of sp³-hybridized carbons (Fsp3) is 0.500. The zero-order chi connectivity index (χ0) is 12.7. The Morgan fingerprint density at radius 1 is 1.28 bits per heavy atom. The molecular formula is C14H15FN2O. The van der Waals surface area contributed by atoms with Crippen LogP contribution in [0.15, 0.2) is 18.2 Å². The molecule has 2 bridgehead atoms. The Bertz CT molecular complexity index is 497. The minimum atomic E-state index is -0.375. The van der Waals surface area contributed by atoms with E-state index >= 15 is 0 Å². The molecular weight excluding hydrogens is 231 g/mol. The number of piperidine rings is 1. The van der Waals surface area contributed by atoms with Crippen molar-refractivity contribution in [3.8, 4) is 6.07 Å². The molecule has 2 aliphatic rings. The van der Waals surface area contributed by atoms with Gasteiger partial charge in [-0.05, 0) is 43.9 Å². The Labute approximate surface area is 105 Å². The van der Waals surface area contributed by atoms with Gasteiger partial charge in [0.1, 0.15) is 11.9 Å². The number of halogens is 1. The first-order valence-corrected chi connectivity index (χ1v) is 6.35. The first-order chi connectivity index (χ1) is 8.69. The van der Waals surface area contributed by atoms with E-state index in [4.69, 9.17) is 5.26 Å². The highest BCUT2D eigenvalue weighted by atomic mass is 19.1. The number of anilines is 1. The van der Waals surface area contributed by atoms with Gasteiger partial charge in [-0.2, -0.15) is 5.26 Å². The molecule has 1 aromatic rings. The van der Waals surface area contributed by atoms with Gasteiger partial charge in [-0.25, -0.2) is 4.39 Å². The van der Waals surface area contributed by atoms with Crippen molar-refractivity contribution in [2.24, 2.45) is 0 Å². The quantitative estimate of drug-likeness (QED) is 0.826. The molecule has 3 nitrogen and oxygen atoms in total. The molecule has 2 atom stereocenters. The lowest BCUT2D eigenvalue weighted by Crippen LogP contribution is -2.45. The summed E-state index contributed by atoms with van der Waals surface area (Å²) in [6.07, 6.45) is 3.36. The first kappa shape index (κ1) is 11.5. The highest BCUT2D eigenvalue weighted by molar-refractivity contribution is 5.61. The summed E-state index contributed by atoms with van der Waals surface area (Å²) < 4.78 is 13.2. The number of hydrogen-bond acceptors (Lipinski definition) is 3. The van der Waals surface area contributed by atoms with Gasteiger partial charge in [-0.3, -0.25) is 0 Å². The zero-order valence-electron chi connectivity index (χ0n) is 10.0. The third kappa shape index (κ3) is 1.75. The van der Waals surface area contributed by atoms with Crippen molar-refractivity contribution in [2.75, 3.05) is 4.90 Å². The van der Waals surface area contributed by atoms with Crippen molar-refractivity contribution in [3.63, 3.8) is 0 Å². The standard InChI is InChI=1S/C14H15FN2O/c15-10-1-4-14(9(5-10)8-16)17-11-2-3-12(17)7-13(18)6-11/h1,4-5,11-13,18H,2-3,6-7H2. The average Bonchev–Trinajstić information content (AvgIpc) is 2.62. The third-order valence-corrected chi connectivity index (χ3v) is 4.07. The highest BCUT2D eigenvalue weighted by Crippen LogP contribution is 2.40. The van der Waals surface area contributed by atoms with Crippen LogP contribution in [0.5, 0.6) is 0 Å². The molecule has 0 radical (unpaired) electrons. The summed E-state index contributed by atoms with van der Waals surface area (Å²) in [4.78, 5) is 2.21. The number of aliphatic hydroxyl groups excluding tert-OH is 1. The fourth-order valence-electron chi connectivity index (χ4n) is 3.36. The molecule has 0 aliphatic carbocycles. The Balaban J connectivity index is 1.99. The molecule has 18 heavy (non-hydrogen) atoms. The summed E-state index contributed by atoms with van der Waals surface area (Å²) in [5, 5.41) is 18.9. The molecule has 2 heterocycles. The highest BCUT2D eigenvalue weighted by Gasteiger charge is 2.40. The van der Waals surface area contributed by atoms with E-state index in [1.807, 2.05) is 0 Å². The van der Waals surface area contributed by atoms with Gasteiger partial charge in [-0.1, -0.05) is 0 Å². The smallest absolute Gasteiger partial charge is 0.124 e. The lowest BCUT2D eigenvalue weighted by atomic mass is 9.98. The first-order valence-electron chi connectivity index (χ1n) is 6.35. The minimum absolute atomic E-state index is 0.232. The molecule has 2 aliphatic heterocycles. The molecule has 2 saturated heterocycles. The Morgan fingerprint density at radius 2 is 1.94 bits per heavy atom. The third-order valence-electron chi connectivity index (χ3n) is 4.07. The minimum Gasteiger partial charge on any atom is -0.393 e. The van der Waals surface area contributed by atoms with Crippen molar-refractivity contribution >= 4 is 5.69 Å². The van der Waals surface area contributed by atoms with Crippen LogP contribution in [0.2, 0.25) is 0 Å². The maximum absolute atomic E-state index is 13.2. The summed E-state index contributed by atoms with van der Waals surface area (Å²) in [5.74, 6) is -0.375. The Morgan fingerprint density at radius 3 is 2.56 bits per heavy atom. The van der Waals surface area contributed by atoms with Crippen molar-refractivity contribution < 1.29 is 9.50 Å². The van der Waals surface area contributed by atoms with Gasteiger partial charge in [0.15, 0.2) is 0 Å². The lowest BCUT2D eigenvalue weighted by Gasteiger charge is -2.39. The summed E-state index contributed by atoms with van der Waals surface area (Å²) >= 11 is 0. The molecule has 3 rings (SSSR count). The topological polar surface area (TPSA) is 47.3 Å². The molecule has 94 valence electrons. The van der Waals surface area contributed by atoms with Gasteiger partial charge in [0.05, 0.1) is 17.4 Å². The van der Waals surface area contributed by atoms with Crippen LogP contribution in [-0.4, -0.2) is 23.3 Å². The fourth-order valence-corrected chi connectivity index (χ4v) is 3.36. The van der Waals surface area contributed by atoms with Gasteiger partial charge < -0.3 is 10.0 Å². The van der Waals surface area contributed by atoms with Crippen LogP contribution in [0.4, 0.5) is 10.1 Å². The second-order valence-electron chi connectivity index (χ2n) is 5.19. The summed E-state index contributed by atoms with van der Waals surface area (Å²) in [7, 11) is 0. The van der Waals surface area contributed by atoms with E-state index in [0.717, 1.165) is 31.4 Å². The number of aliphatic hydroxyl groups is 1. The number of benzene rings is 1. The maximum Gasteiger partial charge on any atom is 0.124 e. The van der Waals surface area contributed by atoms with Crippen molar-refractivity contribution in [1.29, 1.82) is 5.26 Å². The van der Waals surface area contributed by atoms with Crippen LogP contribution in [0, 0.1) is 17.1 Å². The molecule has 1 aromatic carbocycles.